The number of phosphoric ester groups is 1. The minimum atomic E-state index is -4.41. The van der Waals surface area contributed by atoms with Crippen molar-refractivity contribution >= 4 is 19.8 Å². The highest BCUT2D eigenvalue weighted by Crippen LogP contribution is 2.43. The first kappa shape index (κ1) is 80.5. The summed E-state index contributed by atoms with van der Waals surface area (Å²) >= 11 is 0. The molecule has 484 valence electrons. The maximum Gasteiger partial charge on any atom is 0.472 e. The fourth-order valence-electron chi connectivity index (χ4n) is 10.2. The van der Waals surface area contributed by atoms with Gasteiger partial charge in [0.2, 0.25) is 0 Å². The first-order chi connectivity index (χ1) is 40.5. The van der Waals surface area contributed by atoms with Crippen LogP contribution in [0.1, 0.15) is 328 Å². The molecule has 0 rings (SSSR count). The third-order valence-corrected chi connectivity index (χ3v) is 16.5. The van der Waals surface area contributed by atoms with E-state index in [1.54, 1.807) is 0 Å². The molecule has 0 saturated carbocycles. The second kappa shape index (κ2) is 63.9. The van der Waals surface area contributed by atoms with Gasteiger partial charge in [0.25, 0.3) is 0 Å². The van der Waals surface area contributed by atoms with Gasteiger partial charge in [-0.15, -0.1) is 0 Å². The number of carbonyl (C=O) groups excluding carboxylic acids is 2. The number of nitrogens with zero attached hydrogens (tertiary/aromatic N) is 1. The van der Waals surface area contributed by atoms with E-state index in [-0.39, 0.29) is 32.0 Å². The minimum Gasteiger partial charge on any atom is -0.462 e. The van der Waals surface area contributed by atoms with Crippen molar-refractivity contribution < 1.29 is 42.1 Å². The van der Waals surface area contributed by atoms with Crippen molar-refractivity contribution in [1.29, 1.82) is 0 Å². The normalized spacial score (nSPS) is 13.6. The number of hydrogen-bond acceptors (Lipinski definition) is 7. The molecule has 0 saturated heterocycles. The topological polar surface area (TPSA) is 108 Å². The average molecular weight is 1190 g/mol. The highest BCUT2D eigenvalue weighted by molar-refractivity contribution is 7.47. The second-order valence-corrected chi connectivity index (χ2v) is 26.4. The number of rotatable bonds is 65. The van der Waals surface area contributed by atoms with Crippen LogP contribution in [0.15, 0.2) is 72.9 Å². The Morgan fingerprint density at radius 2 is 0.687 bits per heavy atom. The SMILES string of the molecule is CC/C=C\C/C=C\C/C=C\C/C=C\C/C=C\C/C=C\CCC(=O)OC(COC(=O)CCCCCCCCCCCCCCCCCCCCCCCCCCCCCCCCCCCCCCCCCC)COP(=O)(O)OCC[N+](C)(C)C. The quantitative estimate of drug-likeness (QED) is 0.0211. The van der Waals surface area contributed by atoms with Crippen LogP contribution in [0.4, 0.5) is 0 Å². The lowest BCUT2D eigenvalue weighted by Crippen LogP contribution is -2.37. The number of phosphoric acid groups is 1. The monoisotopic (exact) mass is 1180 g/mol. The van der Waals surface area contributed by atoms with Crippen molar-refractivity contribution in [1.82, 2.24) is 0 Å². The summed E-state index contributed by atoms with van der Waals surface area (Å²) in [5.41, 5.74) is 0. The number of allylic oxidation sites excluding steroid dienone is 12. The predicted octanol–water partition coefficient (Wildman–Crippen LogP) is 22.8. The molecule has 0 aromatic carbocycles. The van der Waals surface area contributed by atoms with E-state index in [0.29, 0.717) is 17.4 Å². The van der Waals surface area contributed by atoms with Crippen molar-refractivity contribution in [2.45, 2.75) is 335 Å². The van der Waals surface area contributed by atoms with Crippen LogP contribution in [0.5, 0.6) is 0 Å². The lowest BCUT2D eigenvalue weighted by Gasteiger charge is -2.24. The van der Waals surface area contributed by atoms with Crippen LogP contribution in [0.2, 0.25) is 0 Å². The molecule has 9 nitrogen and oxygen atoms in total. The first-order valence-electron chi connectivity index (χ1n) is 35.2. The molecule has 0 fully saturated rings. The van der Waals surface area contributed by atoms with E-state index < -0.39 is 26.5 Å². The maximum atomic E-state index is 12.8. The van der Waals surface area contributed by atoms with Gasteiger partial charge in [0.05, 0.1) is 27.7 Å². The van der Waals surface area contributed by atoms with Gasteiger partial charge < -0.3 is 18.9 Å². The summed E-state index contributed by atoms with van der Waals surface area (Å²) in [7, 11) is 1.43. The van der Waals surface area contributed by atoms with Gasteiger partial charge in [-0.1, -0.05) is 337 Å². The van der Waals surface area contributed by atoms with Crippen molar-refractivity contribution in [3.63, 3.8) is 0 Å². The van der Waals surface area contributed by atoms with E-state index in [1.165, 1.54) is 238 Å². The Bertz CT molecular complexity index is 1630. The number of esters is 2. The molecular formula is C73H135NO8P+. The average Bonchev–Trinajstić information content (AvgIpc) is 3.49. The highest BCUT2D eigenvalue weighted by Gasteiger charge is 2.27. The highest BCUT2D eigenvalue weighted by atomic mass is 31.2. The van der Waals surface area contributed by atoms with Gasteiger partial charge in [0.1, 0.15) is 19.8 Å². The zero-order chi connectivity index (χ0) is 60.5. The zero-order valence-electron chi connectivity index (χ0n) is 55.2. The molecule has 0 spiro atoms. The van der Waals surface area contributed by atoms with Gasteiger partial charge in [-0.25, -0.2) is 4.57 Å². The Labute approximate surface area is 514 Å². The lowest BCUT2D eigenvalue weighted by atomic mass is 10.0. The summed E-state index contributed by atoms with van der Waals surface area (Å²) in [6, 6.07) is 0. The zero-order valence-corrected chi connectivity index (χ0v) is 56.1. The van der Waals surface area contributed by atoms with Gasteiger partial charge in [-0.05, 0) is 51.4 Å². The molecule has 0 bridgehead atoms. The van der Waals surface area contributed by atoms with Gasteiger partial charge in [-0.3, -0.25) is 18.6 Å². The molecule has 0 aliphatic rings. The van der Waals surface area contributed by atoms with Crippen LogP contribution in [0, 0.1) is 0 Å². The van der Waals surface area contributed by atoms with Gasteiger partial charge in [0.15, 0.2) is 6.10 Å². The Hall–Kier alpha value is -2.55. The van der Waals surface area contributed by atoms with Gasteiger partial charge in [0, 0.05) is 12.8 Å². The Morgan fingerprint density at radius 3 is 1.00 bits per heavy atom. The number of quaternary nitrogens is 1. The lowest BCUT2D eigenvalue weighted by molar-refractivity contribution is -0.870. The van der Waals surface area contributed by atoms with Crippen LogP contribution in [0.25, 0.3) is 0 Å². The molecule has 0 aromatic rings. The third kappa shape index (κ3) is 68.4. The van der Waals surface area contributed by atoms with E-state index in [9.17, 15) is 19.0 Å². The number of unbranched alkanes of at least 4 members (excludes halogenated alkanes) is 39. The third-order valence-electron chi connectivity index (χ3n) is 15.5. The number of ether oxygens (including phenoxy) is 2. The fraction of sp³-hybridized carbons (Fsp3) is 0.808. The Balaban J connectivity index is 3.92. The van der Waals surface area contributed by atoms with E-state index in [1.807, 2.05) is 33.3 Å². The Kier molecular flexibility index (Phi) is 62.0. The van der Waals surface area contributed by atoms with Crippen molar-refractivity contribution in [2.24, 2.45) is 0 Å². The summed E-state index contributed by atoms with van der Waals surface area (Å²) in [5.74, 6) is -0.887. The first-order valence-corrected chi connectivity index (χ1v) is 36.7. The van der Waals surface area contributed by atoms with E-state index in [4.69, 9.17) is 18.5 Å². The molecular weight excluding hydrogens is 1050 g/mol. The molecule has 0 heterocycles. The summed E-state index contributed by atoms with van der Waals surface area (Å²) in [5, 5.41) is 0. The van der Waals surface area contributed by atoms with Crippen molar-refractivity contribution in [3.05, 3.63) is 72.9 Å². The smallest absolute Gasteiger partial charge is 0.462 e. The van der Waals surface area contributed by atoms with Crippen LogP contribution in [0.3, 0.4) is 0 Å². The summed E-state index contributed by atoms with van der Waals surface area (Å²) in [6.45, 7) is 4.27. The maximum absolute atomic E-state index is 12.8. The minimum absolute atomic E-state index is 0.0164. The molecule has 10 heteroatoms. The van der Waals surface area contributed by atoms with Crippen LogP contribution < -0.4 is 0 Å². The van der Waals surface area contributed by atoms with E-state index in [0.717, 1.165) is 57.8 Å². The van der Waals surface area contributed by atoms with E-state index in [2.05, 4.69) is 74.6 Å². The molecule has 2 unspecified atom stereocenters. The molecule has 0 aromatic heterocycles. The molecule has 0 radical (unpaired) electrons. The predicted molar refractivity (Wildman–Crippen MR) is 358 cm³/mol. The van der Waals surface area contributed by atoms with Gasteiger partial charge >= 0.3 is 19.8 Å². The molecule has 83 heavy (non-hydrogen) atoms. The van der Waals surface area contributed by atoms with E-state index >= 15 is 0 Å². The number of hydrogen-bond donors (Lipinski definition) is 1. The molecule has 0 aliphatic heterocycles. The molecule has 1 N–H and O–H groups in total. The Morgan fingerprint density at radius 1 is 0.386 bits per heavy atom. The standard InChI is InChI=1S/C73H134NO8P/c1-6-8-10-12-14-16-18-20-22-24-26-27-28-29-30-31-32-33-34-35-36-37-38-39-40-41-42-43-44-45-46-48-49-51-53-55-57-59-61-63-65-72(75)79-69-71(70-81-83(77,78)80-68-67-74(3,4)5)82-73(76)66-64-62-60-58-56-54-52-50-47-25-23-21-19-17-15-13-11-9-7-2/h9,11,15,17,21,23,47,50,54,56,60,62,71H,6-8,10,12-14,16,18-20,22,24-46,48-49,51-53,55,57-59,61,63-70H2,1-5H3/p+1/b11-9-,17-15-,23-21-,50-47-,56-54-,62-60-. The summed E-state index contributed by atoms with van der Waals surface area (Å²) in [6.07, 6.45) is 86.4. The summed E-state index contributed by atoms with van der Waals surface area (Å²) < 4.78 is 34.5. The van der Waals surface area contributed by atoms with Crippen LogP contribution >= 0.6 is 7.82 Å². The van der Waals surface area contributed by atoms with Gasteiger partial charge in [-0.2, -0.15) is 0 Å². The van der Waals surface area contributed by atoms with Crippen molar-refractivity contribution in [3.8, 4) is 0 Å². The van der Waals surface area contributed by atoms with Crippen LogP contribution in [-0.4, -0.2) is 74.9 Å². The fourth-order valence-corrected chi connectivity index (χ4v) is 10.9. The number of carbonyl (C=O) groups is 2. The summed E-state index contributed by atoms with van der Waals surface area (Å²) in [4.78, 5) is 35.7. The second-order valence-electron chi connectivity index (χ2n) is 24.9. The molecule has 2 atom stereocenters. The molecule has 0 amide bonds. The van der Waals surface area contributed by atoms with Crippen molar-refractivity contribution in [2.75, 3.05) is 47.5 Å². The number of likely N-dealkylation sites (N-methyl/N-ethyl adjacent to an activating group) is 1. The van der Waals surface area contributed by atoms with Crippen LogP contribution in [-0.2, 0) is 32.7 Å². The molecule has 0 aliphatic carbocycles. The largest absolute Gasteiger partial charge is 0.472 e.